The lowest BCUT2D eigenvalue weighted by Gasteiger charge is -2.13. The zero-order valence-electron chi connectivity index (χ0n) is 18.2. The molecule has 5 rings (SSSR count). The molecule has 4 aromatic rings. The predicted molar refractivity (Wildman–Crippen MR) is 131 cm³/mol. The van der Waals surface area contributed by atoms with Crippen LogP contribution in [0.3, 0.4) is 0 Å². The molecule has 0 fully saturated rings. The lowest BCUT2D eigenvalue weighted by atomic mass is 9.97. The molecule has 0 radical (unpaired) electrons. The van der Waals surface area contributed by atoms with Crippen molar-refractivity contribution in [1.82, 2.24) is 24.8 Å². The van der Waals surface area contributed by atoms with Crippen molar-refractivity contribution in [3.05, 3.63) is 85.5 Å². The average Bonchev–Trinajstić information content (AvgIpc) is 3.35. The molecule has 0 saturated heterocycles. The Morgan fingerprint density at radius 1 is 1.12 bits per heavy atom. The smallest absolute Gasteiger partial charge is 0.256 e. The van der Waals surface area contributed by atoms with Gasteiger partial charge in [-0.05, 0) is 41.5 Å². The number of hydrogen-bond acceptors (Lipinski definition) is 6. The molecule has 34 heavy (non-hydrogen) atoms. The Kier molecular flexibility index (Phi) is 5.14. The summed E-state index contributed by atoms with van der Waals surface area (Å²) in [5, 5.41) is 6.38. The van der Waals surface area contributed by atoms with Crippen LogP contribution in [-0.4, -0.2) is 37.4 Å². The SMILES string of the molecule is C=CC(=O)N[C@@H]1Cn2c(c(-c3ccc(C(=O)Nc4ccccn4)cc3)c3c(N)ncnc32)C1=C. The van der Waals surface area contributed by atoms with E-state index in [1.165, 1.54) is 12.4 Å². The first-order valence-corrected chi connectivity index (χ1v) is 10.6. The summed E-state index contributed by atoms with van der Waals surface area (Å²) in [6.45, 7) is 8.22. The van der Waals surface area contributed by atoms with Crippen molar-refractivity contribution in [1.29, 1.82) is 0 Å². The zero-order chi connectivity index (χ0) is 23.8. The van der Waals surface area contributed by atoms with Gasteiger partial charge in [-0.3, -0.25) is 9.59 Å². The normalized spacial score (nSPS) is 14.6. The maximum Gasteiger partial charge on any atom is 0.256 e. The van der Waals surface area contributed by atoms with Gasteiger partial charge in [-0.1, -0.05) is 31.4 Å². The fraction of sp³-hybridized carbons (Fsp3) is 0.0800. The third-order valence-corrected chi connectivity index (χ3v) is 5.80. The number of nitrogens with one attached hydrogen (secondary N) is 2. The third kappa shape index (κ3) is 3.49. The summed E-state index contributed by atoms with van der Waals surface area (Å²) in [6.07, 6.45) is 4.26. The Balaban J connectivity index is 1.54. The Bertz CT molecular complexity index is 1460. The van der Waals surface area contributed by atoms with E-state index >= 15 is 0 Å². The molecule has 0 bridgehead atoms. The van der Waals surface area contributed by atoms with Crippen molar-refractivity contribution in [3.8, 4) is 11.1 Å². The molecule has 9 heteroatoms. The van der Waals surface area contributed by atoms with Crippen LogP contribution in [0.4, 0.5) is 11.6 Å². The van der Waals surface area contributed by atoms with Crippen LogP contribution in [0.15, 0.2) is 74.2 Å². The number of fused-ring (bicyclic) bond motifs is 3. The number of hydrogen-bond donors (Lipinski definition) is 3. The molecule has 9 nitrogen and oxygen atoms in total. The fourth-order valence-corrected chi connectivity index (χ4v) is 4.22. The number of anilines is 2. The standard InChI is InChI=1S/C25H21N7O2/c1-3-19(33)30-17-12-32-22(14(17)2)20(21-23(26)28-13-29-24(21)32)15-7-9-16(10-8-15)25(34)31-18-6-4-5-11-27-18/h3-11,13,17H,1-2,12H2,(H,30,33)(H2,26,28,29)(H,27,31,34)/t17-/m1/s1. The molecular formula is C25H21N7O2. The second kappa shape index (κ2) is 8.28. The molecule has 0 saturated carbocycles. The molecule has 3 aromatic heterocycles. The summed E-state index contributed by atoms with van der Waals surface area (Å²) in [4.78, 5) is 37.3. The maximum absolute atomic E-state index is 12.6. The van der Waals surface area contributed by atoms with Gasteiger partial charge in [0.2, 0.25) is 5.91 Å². The van der Waals surface area contributed by atoms with Gasteiger partial charge in [0, 0.05) is 23.9 Å². The largest absolute Gasteiger partial charge is 0.383 e. The number of benzene rings is 1. The molecule has 0 spiro atoms. The fourth-order valence-electron chi connectivity index (χ4n) is 4.22. The second-order valence-electron chi connectivity index (χ2n) is 7.83. The van der Waals surface area contributed by atoms with Crippen LogP contribution in [0.2, 0.25) is 0 Å². The molecule has 1 aliphatic rings. The summed E-state index contributed by atoms with van der Waals surface area (Å²) >= 11 is 0. The van der Waals surface area contributed by atoms with Gasteiger partial charge in [-0.15, -0.1) is 0 Å². The van der Waals surface area contributed by atoms with Crippen LogP contribution >= 0.6 is 0 Å². The van der Waals surface area contributed by atoms with Crippen molar-refractivity contribution in [2.75, 3.05) is 11.1 Å². The maximum atomic E-state index is 12.6. The Labute approximate surface area is 195 Å². The van der Waals surface area contributed by atoms with Crippen molar-refractivity contribution in [3.63, 3.8) is 0 Å². The highest BCUT2D eigenvalue weighted by Gasteiger charge is 2.33. The number of carbonyl (C=O) groups excluding carboxylic acids is 2. The van der Waals surface area contributed by atoms with Gasteiger partial charge in [0.15, 0.2) is 0 Å². The highest BCUT2D eigenvalue weighted by Crippen LogP contribution is 2.43. The zero-order valence-corrected chi connectivity index (χ0v) is 18.2. The Hall–Kier alpha value is -4.79. The number of nitrogens with two attached hydrogens (primary N) is 1. The molecular weight excluding hydrogens is 430 g/mol. The number of pyridine rings is 1. The van der Waals surface area contributed by atoms with E-state index in [4.69, 9.17) is 5.73 Å². The minimum Gasteiger partial charge on any atom is -0.383 e. The van der Waals surface area contributed by atoms with E-state index in [2.05, 4.69) is 38.7 Å². The van der Waals surface area contributed by atoms with Crippen molar-refractivity contribution < 1.29 is 9.59 Å². The van der Waals surface area contributed by atoms with Crippen LogP contribution in [0, 0.1) is 0 Å². The van der Waals surface area contributed by atoms with Gasteiger partial charge >= 0.3 is 0 Å². The number of amides is 2. The van der Waals surface area contributed by atoms with Crippen molar-refractivity contribution in [2.45, 2.75) is 12.6 Å². The molecule has 1 atom stereocenters. The molecule has 4 heterocycles. The van der Waals surface area contributed by atoms with Crippen molar-refractivity contribution in [2.24, 2.45) is 0 Å². The van der Waals surface area contributed by atoms with Crippen molar-refractivity contribution >= 4 is 40.1 Å². The van der Waals surface area contributed by atoms with E-state index in [0.717, 1.165) is 22.4 Å². The van der Waals surface area contributed by atoms with Crippen LogP contribution in [0.5, 0.6) is 0 Å². The van der Waals surface area contributed by atoms with E-state index < -0.39 is 0 Å². The molecule has 2 amide bonds. The predicted octanol–water partition coefficient (Wildman–Crippen LogP) is 3.03. The quantitative estimate of drug-likeness (QED) is 0.400. The molecule has 4 N–H and O–H groups in total. The van der Waals surface area contributed by atoms with E-state index in [-0.39, 0.29) is 17.9 Å². The van der Waals surface area contributed by atoms with Gasteiger partial charge in [-0.2, -0.15) is 0 Å². The molecule has 1 aromatic carbocycles. The molecule has 0 unspecified atom stereocenters. The summed E-state index contributed by atoms with van der Waals surface area (Å²) in [5.74, 6) is 0.275. The van der Waals surface area contributed by atoms with Crippen LogP contribution in [0.1, 0.15) is 16.1 Å². The Morgan fingerprint density at radius 2 is 1.91 bits per heavy atom. The first kappa shape index (κ1) is 21.1. The monoisotopic (exact) mass is 451 g/mol. The summed E-state index contributed by atoms with van der Waals surface area (Å²) < 4.78 is 1.99. The number of nitrogens with zero attached hydrogens (tertiary/aromatic N) is 4. The molecule has 168 valence electrons. The number of nitrogen functional groups attached to an aromatic ring is 1. The van der Waals surface area contributed by atoms with Crippen LogP contribution in [0.25, 0.3) is 27.7 Å². The molecule has 0 aliphatic carbocycles. The minimum absolute atomic E-state index is 0.267. The van der Waals surface area contributed by atoms with Gasteiger partial charge in [0.25, 0.3) is 5.91 Å². The highest BCUT2D eigenvalue weighted by atomic mass is 16.2. The topological polar surface area (TPSA) is 128 Å². The lowest BCUT2D eigenvalue weighted by Crippen LogP contribution is -2.33. The first-order valence-electron chi connectivity index (χ1n) is 10.6. The van der Waals surface area contributed by atoms with E-state index in [1.54, 1.807) is 36.5 Å². The Morgan fingerprint density at radius 3 is 2.62 bits per heavy atom. The summed E-state index contributed by atoms with van der Waals surface area (Å²) in [5.41, 5.74) is 10.6. The van der Waals surface area contributed by atoms with Gasteiger partial charge in [0.1, 0.15) is 23.6 Å². The van der Waals surface area contributed by atoms with E-state index in [0.29, 0.717) is 34.8 Å². The van der Waals surface area contributed by atoms with Crippen LogP contribution < -0.4 is 16.4 Å². The second-order valence-corrected chi connectivity index (χ2v) is 7.83. The first-order chi connectivity index (χ1) is 16.5. The van der Waals surface area contributed by atoms with E-state index in [1.807, 2.05) is 16.7 Å². The number of rotatable bonds is 5. The van der Waals surface area contributed by atoms with Gasteiger partial charge in [0.05, 0.1) is 17.1 Å². The minimum atomic E-state index is -0.303. The number of carbonyl (C=O) groups is 2. The highest BCUT2D eigenvalue weighted by molar-refractivity contribution is 6.08. The van der Waals surface area contributed by atoms with E-state index in [9.17, 15) is 9.59 Å². The lowest BCUT2D eigenvalue weighted by molar-refractivity contribution is -0.116. The average molecular weight is 451 g/mol. The van der Waals surface area contributed by atoms with Crippen LogP contribution in [-0.2, 0) is 11.3 Å². The van der Waals surface area contributed by atoms with Gasteiger partial charge < -0.3 is 20.9 Å². The molecule has 1 aliphatic heterocycles. The number of aromatic nitrogens is 4. The third-order valence-electron chi connectivity index (χ3n) is 5.80. The summed E-state index contributed by atoms with van der Waals surface area (Å²) in [6, 6.07) is 12.2. The summed E-state index contributed by atoms with van der Waals surface area (Å²) in [7, 11) is 0. The van der Waals surface area contributed by atoms with Gasteiger partial charge in [-0.25, -0.2) is 15.0 Å².